The highest BCUT2D eigenvalue weighted by atomic mass is 79.9. The van der Waals surface area contributed by atoms with E-state index < -0.39 is 0 Å². The highest BCUT2D eigenvalue weighted by Crippen LogP contribution is 2.30. The molecule has 0 fully saturated rings. The summed E-state index contributed by atoms with van der Waals surface area (Å²) in [7, 11) is 0. The summed E-state index contributed by atoms with van der Waals surface area (Å²) >= 11 is 3.44. The van der Waals surface area contributed by atoms with Gasteiger partial charge in [-0.05, 0) is 36.1 Å². The Morgan fingerprint density at radius 1 is 1.45 bits per heavy atom. The maximum absolute atomic E-state index is 5.89. The van der Waals surface area contributed by atoms with E-state index in [1.54, 1.807) is 0 Å². The fourth-order valence-corrected chi connectivity index (χ4v) is 1.98. The monoisotopic (exact) mass is 211 g/mol. The van der Waals surface area contributed by atoms with E-state index in [4.69, 9.17) is 5.73 Å². The van der Waals surface area contributed by atoms with Gasteiger partial charge in [-0.25, -0.2) is 0 Å². The van der Waals surface area contributed by atoms with Crippen molar-refractivity contribution in [2.24, 2.45) is 5.73 Å². The molecule has 58 valence electrons. The zero-order chi connectivity index (χ0) is 7.84. The van der Waals surface area contributed by atoms with E-state index in [0.717, 1.165) is 17.3 Å². The molecule has 11 heavy (non-hydrogen) atoms. The van der Waals surface area contributed by atoms with Gasteiger partial charge in [0.2, 0.25) is 0 Å². The Bertz CT molecular complexity index is 283. The number of hydrogen-bond donors (Lipinski definition) is 1. The smallest absolute Gasteiger partial charge is 0.0301 e. The van der Waals surface area contributed by atoms with Crippen LogP contribution in [0.25, 0.3) is 0 Å². The second-order valence-electron chi connectivity index (χ2n) is 2.99. The van der Waals surface area contributed by atoms with E-state index in [1.165, 1.54) is 11.1 Å². The maximum atomic E-state index is 5.89. The number of hydrogen-bond acceptors (Lipinski definition) is 1. The lowest BCUT2D eigenvalue weighted by atomic mass is 10.1. The van der Waals surface area contributed by atoms with Crippen molar-refractivity contribution in [3.63, 3.8) is 0 Å². The molecule has 1 atom stereocenters. The summed E-state index contributed by atoms with van der Waals surface area (Å²) in [5, 5.41) is 0. The summed E-state index contributed by atoms with van der Waals surface area (Å²) in [5.74, 6) is 0. The molecule has 0 spiro atoms. The van der Waals surface area contributed by atoms with E-state index in [-0.39, 0.29) is 6.04 Å². The van der Waals surface area contributed by atoms with Gasteiger partial charge in [-0.3, -0.25) is 0 Å². The Balaban J connectivity index is 2.52. The molecule has 0 saturated carbocycles. The minimum Gasteiger partial charge on any atom is -0.324 e. The second-order valence-corrected chi connectivity index (χ2v) is 3.90. The predicted molar refractivity (Wildman–Crippen MR) is 49.4 cm³/mol. The van der Waals surface area contributed by atoms with E-state index in [2.05, 4.69) is 34.1 Å². The summed E-state index contributed by atoms with van der Waals surface area (Å²) in [5.41, 5.74) is 8.63. The van der Waals surface area contributed by atoms with Gasteiger partial charge in [0.1, 0.15) is 0 Å². The van der Waals surface area contributed by atoms with Crippen LogP contribution in [-0.2, 0) is 6.42 Å². The summed E-state index contributed by atoms with van der Waals surface area (Å²) in [4.78, 5) is 0. The molecule has 0 saturated heterocycles. The third-order valence-corrected chi connectivity index (χ3v) is 2.73. The molecule has 0 amide bonds. The van der Waals surface area contributed by atoms with E-state index in [9.17, 15) is 0 Å². The molecule has 1 aromatic carbocycles. The first kappa shape index (κ1) is 7.32. The second kappa shape index (κ2) is 2.61. The molecule has 1 nitrogen and oxygen atoms in total. The number of rotatable bonds is 0. The van der Waals surface area contributed by atoms with Crippen molar-refractivity contribution in [1.29, 1.82) is 0 Å². The molecule has 1 aromatic rings. The molecule has 0 bridgehead atoms. The largest absolute Gasteiger partial charge is 0.324 e. The van der Waals surface area contributed by atoms with Crippen LogP contribution >= 0.6 is 15.9 Å². The Hall–Kier alpha value is -0.340. The summed E-state index contributed by atoms with van der Waals surface area (Å²) in [6, 6.07) is 6.64. The average molecular weight is 212 g/mol. The van der Waals surface area contributed by atoms with Gasteiger partial charge >= 0.3 is 0 Å². The lowest BCUT2D eigenvalue weighted by Gasteiger charge is -2.03. The number of nitrogens with two attached hydrogens (primary N) is 1. The van der Waals surface area contributed by atoms with Gasteiger partial charge in [-0.15, -0.1) is 0 Å². The molecule has 0 radical (unpaired) electrons. The van der Waals surface area contributed by atoms with Gasteiger partial charge in [0.15, 0.2) is 0 Å². The van der Waals surface area contributed by atoms with Gasteiger partial charge in [0.25, 0.3) is 0 Å². The molecule has 2 rings (SSSR count). The molecular weight excluding hydrogens is 202 g/mol. The number of fused-ring (bicyclic) bond motifs is 1. The van der Waals surface area contributed by atoms with Crippen molar-refractivity contribution >= 4 is 15.9 Å². The van der Waals surface area contributed by atoms with E-state index >= 15 is 0 Å². The number of benzene rings is 1. The molecule has 2 heteroatoms. The van der Waals surface area contributed by atoms with Gasteiger partial charge in [-0.2, -0.15) is 0 Å². The number of halogens is 1. The van der Waals surface area contributed by atoms with Crippen LogP contribution in [-0.4, -0.2) is 0 Å². The highest BCUT2D eigenvalue weighted by Gasteiger charge is 2.18. The molecular formula is C9H10BrN. The first-order valence-electron chi connectivity index (χ1n) is 3.81. The molecule has 0 unspecified atom stereocenters. The van der Waals surface area contributed by atoms with Crippen molar-refractivity contribution in [2.45, 2.75) is 18.9 Å². The summed E-state index contributed by atoms with van der Waals surface area (Å²) in [6.45, 7) is 0. The van der Waals surface area contributed by atoms with Crippen molar-refractivity contribution in [1.82, 2.24) is 0 Å². The zero-order valence-corrected chi connectivity index (χ0v) is 7.76. The molecule has 0 heterocycles. The van der Waals surface area contributed by atoms with Crippen LogP contribution in [0.15, 0.2) is 22.7 Å². The van der Waals surface area contributed by atoms with E-state index in [1.807, 2.05) is 0 Å². The van der Waals surface area contributed by atoms with Crippen LogP contribution in [0.4, 0.5) is 0 Å². The molecule has 0 aromatic heterocycles. The van der Waals surface area contributed by atoms with Crippen molar-refractivity contribution in [2.75, 3.05) is 0 Å². The van der Waals surface area contributed by atoms with Crippen molar-refractivity contribution < 1.29 is 0 Å². The van der Waals surface area contributed by atoms with Gasteiger partial charge in [-0.1, -0.05) is 22.0 Å². The van der Waals surface area contributed by atoms with Crippen LogP contribution in [0.1, 0.15) is 23.6 Å². The minimum atomic E-state index is 0.266. The van der Waals surface area contributed by atoms with Crippen LogP contribution in [0.2, 0.25) is 0 Å². The lowest BCUT2D eigenvalue weighted by molar-refractivity contribution is 0.713. The average Bonchev–Trinajstić information content (AvgIpc) is 2.33. The molecule has 2 N–H and O–H groups in total. The predicted octanol–water partition coefficient (Wildman–Crippen LogP) is 2.40. The number of aryl methyl sites for hydroxylation is 1. The van der Waals surface area contributed by atoms with Crippen LogP contribution in [0, 0.1) is 0 Å². The summed E-state index contributed by atoms with van der Waals surface area (Å²) < 4.78 is 1.13. The first-order chi connectivity index (χ1) is 5.27. The van der Waals surface area contributed by atoms with Gasteiger partial charge < -0.3 is 5.73 Å². The Kier molecular flexibility index (Phi) is 1.74. The first-order valence-corrected chi connectivity index (χ1v) is 4.60. The van der Waals surface area contributed by atoms with E-state index in [0.29, 0.717) is 0 Å². The minimum absolute atomic E-state index is 0.266. The van der Waals surface area contributed by atoms with Gasteiger partial charge in [0, 0.05) is 10.5 Å². The Morgan fingerprint density at radius 2 is 2.27 bits per heavy atom. The van der Waals surface area contributed by atoms with Crippen LogP contribution in [0.3, 0.4) is 0 Å². The topological polar surface area (TPSA) is 26.0 Å². The molecule has 1 aliphatic rings. The zero-order valence-electron chi connectivity index (χ0n) is 6.18. The standard InChI is InChI=1S/C9H10BrN/c10-7-3-1-6-2-4-9(11)8(6)5-7/h1,3,5,9H,2,4,11H2/t9-/m0/s1. The van der Waals surface area contributed by atoms with Crippen molar-refractivity contribution in [3.05, 3.63) is 33.8 Å². The third kappa shape index (κ3) is 1.21. The van der Waals surface area contributed by atoms with Crippen LogP contribution < -0.4 is 5.73 Å². The highest BCUT2D eigenvalue weighted by molar-refractivity contribution is 9.10. The van der Waals surface area contributed by atoms with Crippen LogP contribution in [0.5, 0.6) is 0 Å². The fourth-order valence-electron chi connectivity index (χ4n) is 1.61. The Labute approximate surface area is 74.7 Å². The molecule has 1 aliphatic carbocycles. The quantitative estimate of drug-likeness (QED) is 0.702. The maximum Gasteiger partial charge on any atom is 0.0301 e. The summed E-state index contributed by atoms with van der Waals surface area (Å²) in [6.07, 6.45) is 2.25. The third-order valence-electron chi connectivity index (χ3n) is 2.23. The lowest BCUT2D eigenvalue weighted by Crippen LogP contribution is -2.04. The molecule has 0 aliphatic heterocycles. The Morgan fingerprint density at radius 3 is 3.09 bits per heavy atom. The normalized spacial score (nSPS) is 21.8. The van der Waals surface area contributed by atoms with Gasteiger partial charge in [0.05, 0.1) is 0 Å². The fraction of sp³-hybridized carbons (Fsp3) is 0.333. The SMILES string of the molecule is N[C@H]1CCc2ccc(Br)cc21. The van der Waals surface area contributed by atoms with Crippen molar-refractivity contribution in [3.8, 4) is 0 Å².